The molecular formula is C36H37F3N4O4. The molecule has 0 saturated heterocycles. The molecule has 1 N–H and O–H groups in total. The molecule has 47 heavy (non-hydrogen) atoms. The van der Waals surface area contributed by atoms with Crippen LogP contribution < -0.4 is 14.4 Å². The van der Waals surface area contributed by atoms with Crippen LogP contribution in [-0.2, 0) is 24.1 Å². The number of carboxylic acids is 1. The summed E-state index contributed by atoms with van der Waals surface area (Å²) in [6, 6.07) is 17.2. The minimum Gasteiger partial charge on any atom is -0.496 e. The van der Waals surface area contributed by atoms with Crippen molar-refractivity contribution in [2.24, 2.45) is 0 Å². The minimum atomic E-state index is -4.63. The third-order valence-electron chi connectivity index (χ3n) is 7.58. The lowest BCUT2D eigenvalue weighted by atomic mass is 9.92. The smallest absolute Gasteiger partial charge is 0.416 e. The summed E-state index contributed by atoms with van der Waals surface area (Å²) in [5, 5.41) is 18.3. The molecule has 4 aromatic rings. The van der Waals surface area contributed by atoms with Gasteiger partial charge in [0.15, 0.2) is 5.75 Å². The molecule has 0 spiro atoms. The van der Waals surface area contributed by atoms with Crippen LogP contribution in [0.3, 0.4) is 0 Å². The van der Waals surface area contributed by atoms with E-state index in [1.807, 2.05) is 43.3 Å². The quantitative estimate of drug-likeness (QED) is 0.136. The van der Waals surface area contributed by atoms with Gasteiger partial charge in [-0.3, -0.25) is 4.79 Å². The van der Waals surface area contributed by atoms with Gasteiger partial charge in [-0.05, 0) is 78.3 Å². The molecule has 0 radical (unpaired) electrons. The molecule has 0 saturated carbocycles. The van der Waals surface area contributed by atoms with Gasteiger partial charge in [-0.15, -0.1) is 0 Å². The number of halogens is 3. The van der Waals surface area contributed by atoms with Crippen molar-refractivity contribution in [3.63, 3.8) is 0 Å². The third kappa shape index (κ3) is 9.45. The SMILES string of the molecule is COc1ccc(C(C)C)cc1-c1ccc(C)cc1CN(Cc1cc(C#N)cc(C(F)(F)F)c1)c1ncc(OCCCCC(=O)O)cn1. The number of ether oxygens (including phenoxy) is 2. The van der Waals surface area contributed by atoms with Gasteiger partial charge < -0.3 is 19.5 Å². The van der Waals surface area contributed by atoms with Crippen molar-refractivity contribution in [3.05, 3.63) is 100 Å². The Hall–Kier alpha value is -5.11. The molecule has 0 fully saturated rings. The first-order valence-corrected chi connectivity index (χ1v) is 15.2. The van der Waals surface area contributed by atoms with Gasteiger partial charge in [-0.25, -0.2) is 9.97 Å². The van der Waals surface area contributed by atoms with E-state index in [2.05, 4.69) is 29.9 Å². The second-order valence-electron chi connectivity index (χ2n) is 11.6. The van der Waals surface area contributed by atoms with Crippen LogP contribution in [-0.4, -0.2) is 34.8 Å². The van der Waals surface area contributed by atoms with Crippen LogP contribution in [0.25, 0.3) is 11.1 Å². The van der Waals surface area contributed by atoms with E-state index in [0.29, 0.717) is 24.3 Å². The van der Waals surface area contributed by atoms with Crippen LogP contribution in [0.5, 0.6) is 11.5 Å². The highest BCUT2D eigenvalue weighted by molar-refractivity contribution is 5.75. The van der Waals surface area contributed by atoms with Crippen LogP contribution in [0.1, 0.15) is 72.4 Å². The maximum atomic E-state index is 13.8. The number of aryl methyl sites for hydroxylation is 1. The molecule has 0 unspecified atom stereocenters. The number of hydrogen-bond donors (Lipinski definition) is 1. The van der Waals surface area contributed by atoms with Gasteiger partial charge in [-0.2, -0.15) is 18.4 Å². The van der Waals surface area contributed by atoms with E-state index in [1.54, 1.807) is 12.0 Å². The Balaban J connectivity index is 1.74. The Morgan fingerprint density at radius 1 is 1.00 bits per heavy atom. The number of alkyl halides is 3. The molecule has 0 bridgehead atoms. The molecular weight excluding hydrogens is 609 g/mol. The number of carbonyl (C=O) groups is 1. The number of benzene rings is 3. The molecule has 3 aromatic carbocycles. The summed E-state index contributed by atoms with van der Waals surface area (Å²) >= 11 is 0. The number of nitriles is 1. The average Bonchev–Trinajstić information content (AvgIpc) is 3.03. The molecule has 4 rings (SSSR count). The monoisotopic (exact) mass is 646 g/mol. The standard InChI is InChI=1S/C36H37F3N4O4/c1-23(2)27-9-11-33(46-4)32(17-27)31-10-8-24(3)13-28(31)22-43(21-26-14-25(18-40)15-29(16-26)36(37,38)39)35-41-19-30(20-42-35)47-12-6-5-7-34(44)45/h8-11,13-17,19-20,23H,5-7,12,21-22H2,1-4H3,(H,44,45). The molecule has 246 valence electrons. The number of rotatable bonds is 14. The fourth-order valence-corrected chi connectivity index (χ4v) is 5.16. The van der Waals surface area contributed by atoms with Crippen molar-refractivity contribution in [2.75, 3.05) is 18.6 Å². The van der Waals surface area contributed by atoms with E-state index in [4.69, 9.17) is 14.6 Å². The molecule has 11 heteroatoms. The van der Waals surface area contributed by atoms with E-state index in [-0.39, 0.29) is 49.1 Å². The van der Waals surface area contributed by atoms with Crippen LogP contribution in [0.4, 0.5) is 19.1 Å². The number of aromatic nitrogens is 2. The molecule has 0 aliphatic heterocycles. The summed E-state index contributed by atoms with van der Waals surface area (Å²) in [6.45, 7) is 6.66. The maximum Gasteiger partial charge on any atom is 0.416 e. The first-order valence-electron chi connectivity index (χ1n) is 15.2. The number of methoxy groups -OCH3 is 1. The van der Waals surface area contributed by atoms with Gasteiger partial charge in [0.2, 0.25) is 5.95 Å². The molecule has 1 aromatic heterocycles. The molecule has 0 aliphatic carbocycles. The highest BCUT2D eigenvalue weighted by Gasteiger charge is 2.31. The van der Waals surface area contributed by atoms with Crippen LogP contribution in [0.2, 0.25) is 0 Å². The lowest BCUT2D eigenvalue weighted by Crippen LogP contribution is -2.25. The van der Waals surface area contributed by atoms with Gasteiger partial charge in [0.25, 0.3) is 0 Å². The number of hydrogen-bond acceptors (Lipinski definition) is 7. The Morgan fingerprint density at radius 2 is 1.74 bits per heavy atom. The predicted molar refractivity (Wildman–Crippen MR) is 172 cm³/mol. The highest BCUT2D eigenvalue weighted by atomic mass is 19.4. The molecule has 8 nitrogen and oxygen atoms in total. The van der Waals surface area contributed by atoms with E-state index >= 15 is 0 Å². The number of aliphatic carboxylic acids is 1. The maximum absolute atomic E-state index is 13.8. The van der Waals surface area contributed by atoms with E-state index < -0.39 is 17.7 Å². The predicted octanol–water partition coefficient (Wildman–Crippen LogP) is 8.32. The Kier molecular flexibility index (Phi) is 11.4. The van der Waals surface area contributed by atoms with Crippen LogP contribution in [0.15, 0.2) is 67.0 Å². The van der Waals surface area contributed by atoms with Gasteiger partial charge in [0.1, 0.15) is 5.75 Å². The zero-order valence-corrected chi connectivity index (χ0v) is 26.8. The van der Waals surface area contributed by atoms with Crippen molar-refractivity contribution in [3.8, 4) is 28.7 Å². The zero-order valence-electron chi connectivity index (χ0n) is 26.8. The van der Waals surface area contributed by atoms with Gasteiger partial charge in [0.05, 0.1) is 43.3 Å². The van der Waals surface area contributed by atoms with E-state index in [9.17, 15) is 23.2 Å². The molecule has 1 heterocycles. The summed E-state index contributed by atoms with van der Waals surface area (Å²) in [6.07, 6.45) is -0.626. The van der Waals surface area contributed by atoms with Crippen molar-refractivity contribution in [1.29, 1.82) is 5.26 Å². The van der Waals surface area contributed by atoms with Crippen LogP contribution >= 0.6 is 0 Å². The summed E-state index contributed by atoms with van der Waals surface area (Å²) in [5.74, 6) is 0.703. The number of anilines is 1. The second-order valence-corrected chi connectivity index (χ2v) is 11.6. The summed E-state index contributed by atoms with van der Waals surface area (Å²) < 4.78 is 52.7. The minimum absolute atomic E-state index is 0.0233. The van der Waals surface area contributed by atoms with Gasteiger partial charge >= 0.3 is 12.1 Å². The van der Waals surface area contributed by atoms with Crippen molar-refractivity contribution >= 4 is 11.9 Å². The van der Waals surface area contributed by atoms with Crippen molar-refractivity contribution in [2.45, 2.75) is 65.2 Å². The summed E-state index contributed by atoms with van der Waals surface area (Å²) in [7, 11) is 1.61. The molecule has 0 aliphatic rings. The second kappa shape index (κ2) is 15.5. The fourth-order valence-electron chi connectivity index (χ4n) is 5.16. The highest BCUT2D eigenvalue weighted by Crippen LogP contribution is 2.37. The Bertz CT molecular complexity index is 1730. The number of unbranched alkanes of at least 4 members (excludes halogenated alkanes) is 1. The normalized spacial score (nSPS) is 11.3. The first-order chi connectivity index (χ1) is 22.4. The Labute approximate surface area is 272 Å². The third-order valence-corrected chi connectivity index (χ3v) is 7.58. The number of carboxylic acid groups (broad SMARTS) is 1. The topological polar surface area (TPSA) is 109 Å². The van der Waals surface area contributed by atoms with Gasteiger partial charge in [-0.1, -0.05) is 43.7 Å². The average molecular weight is 647 g/mol. The number of nitrogens with zero attached hydrogens (tertiary/aromatic N) is 4. The van der Waals surface area contributed by atoms with E-state index in [0.717, 1.165) is 39.9 Å². The fraction of sp³-hybridized carbons (Fsp3) is 0.333. The van der Waals surface area contributed by atoms with Crippen molar-refractivity contribution in [1.82, 2.24) is 9.97 Å². The van der Waals surface area contributed by atoms with Crippen LogP contribution in [0, 0.1) is 18.3 Å². The lowest BCUT2D eigenvalue weighted by Gasteiger charge is -2.26. The lowest BCUT2D eigenvalue weighted by molar-refractivity contribution is -0.138. The summed E-state index contributed by atoms with van der Waals surface area (Å²) in [5.41, 5.74) is 4.01. The van der Waals surface area contributed by atoms with Gasteiger partial charge in [0, 0.05) is 25.1 Å². The molecule has 0 amide bonds. The molecule has 0 atom stereocenters. The largest absolute Gasteiger partial charge is 0.496 e. The summed E-state index contributed by atoms with van der Waals surface area (Å²) in [4.78, 5) is 21.5. The van der Waals surface area contributed by atoms with E-state index in [1.165, 1.54) is 18.5 Å². The van der Waals surface area contributed by atoms with Crippen molar-refractivity contribution < 1.29 is 32.5 Å². The zero-order chi connectivity index (χ0) is 34.1. The first kappa shape index (κ1) is 34.8. The Morgan fingerprint density at radius 3 is 2.38 bits per heavy atom.